The zero-order chi connectivity index (χ0) is 30.1. The number of nitrogens with one attached hydrogen (secondary N) is 1. The number of aromatic nitrogens is 1. The van der Waals surface area contributed by atoms with Gasteiger partial charge in [-0.3, -0.25) is 4.72 Å². The van der Waals surface area contributed by atoms with Crippen LogP contribution < -0.4 is 9.62 Å². The number of halogens is 5. The van der Waals surface area contributed by atoms with Crippen molar-refractivity contribution < 1.29 is 50.2 Å². The van der Waals surface area contributed by atoms with Gasteiger partial charge in [0.15, 0.2) is 11.6 Å². The van der Waals surface area contributed by atoms with Crippen molar-refractivity contribution in [2.24, 2.45) is 0 Å². The lowest BCUT2D eigenvalue weighted by atomic mass is 10.1. The van der Waals surface area contributed by atoms with Crippen molar-refractivity contribution in [2.45, 2.75) is 37.4 Å². The highest BCUT2D eigenvalue weighted by atomic mass is 32.2. The van der Waals surface area contributed by atoms with Crippen LogP contribution in [0.15, 0.2) is 65.7 Å². The Morgan fingerprint density at radius 1 is 1.00 bits per heavy atom. The van der Waals surface area contributed by atoms with Crippen LogP contribution in [0.5, 0.6) is 0 Å². The average Bonchev–Trinajstić information content (AvgIpc) is 2.88. The monoisotopic (exact) mass is 589 g/mol. The molecule has 0 fully saturated rings. The molecule has 3 aromatic rings. The van der Waals surface area contributed by atoms with Gasteiger partial charge in [0, 0.05) is 13.1 Å². The molecule has 0 aliphatic carbocycles. The van der Waals surface area contributed by atoms with Gasteiger partial charge in [-0.2, -0.15) is 13.2 Å². The number of carboxylic acids is 2. The van der Waals surface area contributed by atoms with Crippen LogP contribution in [0.1, 0.15) is 35.7 Å². The summed E-state index contributed by atoms with van der Waals surface area (Å²) in [6.07, 6.45) is -2.19. The molecule has 0 unspecified atom stereocenters. The zero-order valence-electron chi connectivity index (χ0n) is 20.8. The van der Waals surface area contributed by atoms with E-state index < -0.39 is 44.7 Å². The lowest BCUT2D eigenvalue weighted by molar-refractivity contribution is -0.192. The Morgan fingerprint density at radius 3 is 2.15 bits per heavy atom. The minimum atomic E-state index is -5.08. The van der Waals surface area contributed by atoms with Gasteiger partial charge in [0.05, 0.1) is 16.8 Å². The van der Waals surface area contributed by atoms with Gasteiger partial charge in [0.1, 0.15) is 11.4 Å². The molecule has 0 aliphatic rings. The molecule has 0 radical (unpaired) electrons. The number of rotatable bonds is 10. The average molecular weight is 590 g/mol. The molecular formula is C25H24F5N3O6S. The first-order valence-electron chi connectivity index (χ1n) is 11.5. The van der Waals surface area contributed by atoms with Gasteiger partial charge < -0.3 is 15.1 Å². The van der Waals surface area contributed by atoms with Crippen LogP contribution in [0.2, 0.25) is 0 Å². The number of benzene rings is 2. The first-order valence-corrected chi connectivity index (χ1v) is 12.9. The van der Waals surface area contributed by atoms with Gasteiger partial charge in [-0.05, 0) is 36.2 Å². The molecule has 0 saturated heterocycles. The maximum atomic E-state index is 13.5. The molecule has 0 atom stereocenters. The van der Waals surface area contributed by atoms with E-state index in [1.54, 1.807) is 0 Å². The minimum absolute atomic E-state index is 0.115. The molecule has 0 amide bonds. The van der Waals surface area contributed by atoms with Crippen LogP contribution in [0.25, 0.3) is 0 Å². The summed E-state index contributed by atoms with van der Waals surface area (Å²) in [7, 11) is -4.29. The highest BCUT2D eigenvalue weighted by Crippen LogP contribution is 2.26. The van der Waals surface area contributed by atoms with E-state index in [-0.39, 0.29) is 17.1 Å². The molecule has 0 aliphatic heterocycles. The lowest BCUT2D eigenvalue weighted by Crippen LogP contribution is -2.27. The van der Waals surface area contributed by atoms with E-state index in [2.05, 4.69) is 9.71 Å². The summed E-state index contributed by atoms with van der Waals surface area (Å²) in [6, 6.07) is 12.8. The number of hydrogen-bond acceptors (Lipinski definition) is 6. The number of alkyl halides is 3. The molecule has 3 N–H and O–H groups in total. The van der Waals surface area contributed by atoms with Crippen LogP contribution in [0, 0.1) is 11.6 Å². The Hall–Kier alpha value is -4.27. The zero-order valence-corrected chi connectivity index (χ0v) is 21.6. The minimum Gasteiger partial charge on any atom is -0.478 e. The van der Waals surface area contributed by atoms with E-state index in [0.717, 1.165) is 30.5 Å². The van der Waals surface area contributed by atoms with Crippen molar-refractivity contribution in [3.05, 3.63) is 83.6 Å². The highest BCUT2D eigenvalue weighted by Gasteiger charge is 2.38. The number of pyridine rings is 1. The van der Waals surface area contributed by atoms with E-state index in [4.69, 9.17) is 9.90 Å². The van der Waals surface area contributed by atoms with E-state index in [1.807, 2.05) is 42.2 Å². The maximum absolute atomic E-state index is 13.5. The van der Waals surface area contributed by atoms with Crippen LogP contribution in [0.4, 0.5) is 33.5 Å². The SMILES string of the molecule is CCCCN(Cc1ccccc1)c1ncc(NS(=O)(=O)c2ccc(F)c(F)c2)cc1C(=O)O.O=C(O)C(F)(F)F. The van der Waals surface area contributed by atoms with Crippen molar-refractivity contribution in [1.29, 1.82) is 0 Å². The fourth-order valence-electron chi connectivity index (χ4n) is 3.19. The van der Waals surface area contributed by atoms with Crippen LogP contribution in [0.3, 0.4) is 0 Å². The van der Waals surface area contributed by atoms with Gasteiger partial charge in [0.25, 0.3) is 10.0 Å². The normalized spacial score (nSPS) is 11.2. The fraction of sp³-hybridized carbons (Fsp3) is 0.240. The van der Waals surface area contributed by atoms with E-state index in [9.17, 15) is 40.3 Å². The molecule has 3 rings (SSSR count). The molecule has 0 saturated carbocycles. The molecule has 2 aromatic carbocycles. The second-order valence-electron chi connectivity index (χ2n) is 8.15. The van der Waals surface area contributed by atoms with Gasteiger partial charge in [-0.15, -0.1) is 0 Å². The Kier molecular flexibility index (Phi) is 10.9. The maximum Gasteiger partial charge on any atom is 0.490 e. The molecule has 1 aromatic heterocycles. The predicted octanol–water partition coefficient (Wildman–Crippen LogP) is 5.30. The van der Waals surface area contributed by atoms with Crippen molar-refractivity contribution in [3.63, 3.8) is 0 Å². The Morgan fingerprint density at radius 2 is 1.62 bits per heavy atom. The quantitative estimate of drug-likeness (QED) is 0.271. The van der Waals surface area contributed by atoms with Crippen LogP contribution in [-0.4, -0.2) is 48.3 Å². The van der Waals surface area contributed by atoms with E-state index in [1.165, 1.54) is 6.20 Å². The number of sulfonamides is 1. The third kappa shape index (κ3) is 9.18. The number of aromatic carboxylic acids is 1. The van der Waals surface area contributed by atoms with Crippen molar-refractivity contribution >= 4 is 33.5 Å². The van der Waals surface area contributed by atoms with Crippen LogP contribution in [-0.2, 0) is 21.4 Å². The summed E-state index contributed by atoms with van der Waals surface area (Å²) in [4.78, 5) is 26.5. The molecule has 40 heavy (non-hydrogen) atoms. The van der Waals surface area contributed by atoms with Crippen molar-refractivity contribution in [2.75, 3.05) is 16.2 Å². The van der Waals surface area contributed by atoms with E-state index in [0.29, 0.717) is 25.2 Å². The number of carboxylic acid groups (broad SMARTS) is 2. The summed E-state index contributed by atoms with van der Waals surface area (Å²) in [6.45, 7) is 3.00. The third-order valence-corrected chi connectivity index (χ3v) is 6.47. The number of carbonyl (C=O) groups is 2. The van der Waals surface area contributed by atoms with E-state index >= 15 is 0 Å². The van der Waals surface area contributed by atoms with Gasteiger partial charge in [0.2, 0.25) is 0 Å². The lowest BCUT2D eigenvalue weighted by Gasteiger charge is -2.25. The van der Waals surface area contributed by atoms with Gasteiger partial charge in [-0.1, -0.05) is 43.7 Å². The largest absolute Gasteiger partial charge is 0.490 e. The first-order chi connectivity index (χ1) is 18.7. The molecule has 15 heteroatoms. The molecule has 0 spiro atoms. The topological polar surface area (TPSA) is 137 Å². The number of aliphatic carboxylic acids is 1. The summed E-state index contributed by atoms with van der Waals surface area (Å²) >= 11 is 0. The third-order valence-electron chi connectivity index (χ3n) is 5.09. The fourth-order valence-corrected chi connectivity index (χ4v) is 4.24. The Balaban J connectivity index is 0.000000708. The molecule has 0 bridgehead atoms. The first kappa shape index (κ1) is 31.9. The van der Waals surface area contributed by atoms with Gasteiger partial charge in [-0.25, -0.2) is 31.8 Å². The Bertz CT molecular complexity index is 1440. The number of hydrogen-bond donors (Lipinski definition) is 3. The Labute approximate surface area is 226 Å². The van der Waals surface area contributed by atoms with Crippen molar-refractivity contribution in [3.8, 4) is 0 Å². The molecule has 216 valence electrons. The highest BCUT2D eigenvalue weighted by molar-refractivity contribution is 7.92. The van der Waals surface area contributed by atoms with Gasteiger partial charge >= 0.3 is 18.1 Å². The number of nitrogens with zero attached hydrogens (tertiary/aromatic N) is 2. The van der Waals surface area contributed by atoms with Crippen LogP contribution >= 0.6 is 0 Å². The number of unbranched alkanes of at least 4 members (excludes halogenated alkanes) is 1. The standard InChI is InChI=1S/C23H23F2N3O4S.C2HF3O2/c1-2-3-11-28(15-16-7-5-4-6-8-16)22-19(23(29)30)12-17(14-26-22)27-33(31,32)18-9-10-20(24)21(25)13-18;3-2(4,5)1(6)7/h4-10,12-14,27H,2-3,11,15H2,1H3,(H,29,30);(H,6,7). The summed E-state index contributed by atoms with van der Waals surface area (Å²) in [5.41, 5.74) is 0.665. The molecular weight excluding hydrogens is 565 g/mol. The second-order valence-corrected chi connectivity index (χ2v) is 9.83. The summed E-state index contributed by atoms with van der Waals surface area (Å²) in [5.74, 6) is -6.33. The number of anilines is 2. The molecule has 9 nitrogen and oxygen atoms in total. The summed E-state index contributed by atoms with van der Waals surface area (Å²) < 4.78 is 85.7. The van der Waals surface area contributed by atoms with Crippen molar-refractivity contribution in [1.82, 2.24) is 4.98 Å². The smallest absolute Gasteiger partial charge is 0.478 e. The predicted molar refractivity (Wildman–Crippen MR) is 134 cm³/mol. The summed E-state index contributed by atoms with van der Waals surface area (Å²) in [5, 5.41) is 16.9. The molecule has 1 heterocycles. The second kappa shape index (κ2) is 13.7.